The van der Waals surface area contributed by atoms with Crippen molar-refractivity contribution in [3.05, 3.63) is 35.2 Å². The highest BCUT2D eigenvalue weighted by molar-refractivity contribution is 6.30. The molecule has 0 saturated carbocycles. The molecule has 0 aromatic carbocycles. The van der Waals surface area contributed by atoms with E-state index in [4.69, 9.17) is 11.6 Å². The van der Waals surface area contributed by atoms with E-state index in [0.29, 0.717) is 24.0 Å². The van der Waals surface area contributed by atoms with Gasteiger partial charge in [-0.25, -0.2) is 4.98 Å². The number of hydrogen-bond acceptors (Lipinski definition) is 3. The molecule has 1 aliphatic heterocycles. The molecule has 3 heterocycles. The summed E-state index contributed by atoms with van der Waals surface area (Å²) in [6.07, 6.45) is 4.44. The van der Waals surface area contributed by atoms with Crippen molar-refractivity contribution in [1.29, 1.82) is 0 Å². The Bertz CT molecular complexity index is 670. The number of aliphatic carboxylic acids is 1. The fraction of sp³-hybridized carbons (Fsp3) is 0.467. The van der Waals surface area contributed by atoms with Crippen LogP contribution >= 0.6 is 11.6 Å². The average Bonchev–Trinajstić information content (AvgIpc) is 2.80. The molecule has 5 nitrogen and oxygen atoms in total. The zero-order valence-corrected chi connectivity index (χ0v) is 12.6. The SMILES string of the molecule is CC1CC(C(=O)O)CN(Cc2cnc3ccc(Cl)cn23)C1. The van der Waals surface area contributed by atoms with Crippen molar-refractivity contribution in [2.75, 3.05) is 13.1 Å². The Morgan fingerprint density at radius 2 is 2.29 bits per heavy atom. The summed E-state index contributed by atoms with van der Waals surface area (Å²) in [4.78, 5) is 17.8. The maximum Gasteiger partial charge on any atom is 0.307 e. The number of rotatable bonds is 3. The second-order valence-electron chi connectivity index (χ2n) is 5.90. The summed E-state index contributed by atoms with van der Waals surface area (Å²) >= 11 is 6.04. The lowest BCUT2D eigenvalue weighted by atomic mass is 9.90. The molecular formula is C15H18ClN3O2. The van der Waals surface area contributed by atoms with Crippen molar-refractivity contribution in [2.24, 2.45) is 11.8 Å². The maximum atomic E-state index is 11.2. The molecule has 0 aliphatic carbocycles. The van der Waals surface area contributed by atoms with Gasteiger partial charge in [-0.3, -0.25) is 9.69 Å². The number of fused-ring (bicyclic) bond motifs is 1. The molecule has 0 bridgehead atoms. The third-order valence-electron chi connectivity index (χ3n) is 4.02. The first-order chi connectivity index (χ1) is 10.0. The number of carboxylic acid groups (broad SMARTS) is 1. The molecule has 1 fully saturated rings. The molecule has 0 amide bonds. The summed E-state index contributed by atoms with van der Waals surface area (Å²) in [6, 6.07) is 3.70. The van der Waals surface area contributed by atoms with Crippen LogP contribution in [-0.4, -0.2) is 38.4 Å². The molecule has 0 radical (unpaired) electrons. The number of nitrogens with zero attached hydrogens (tertiary/aromatic N) is 3. The van der Waals surface area contributed by atoms with E-state index in [9.17, 15) is 9.90 Å². The van der Waals surface area contributed by atoms with Gasteiger partial charge in [0, 0.05) is 25.8 Å². The fourth-order valence-corrected chi connectivity index (χ4v) is 3.28. The first kappa shape index (κ1) is 14.4. The topological polar surface area (TPSA) is 57.8 Å². The Morgan fingerprint density at radius 1 is 1.48 bits per heavy atom. The highest BCUT2D eigenvalue weighted by atomic mass is 35.5. The average molecular weight is 308 g/mol. The van der Waals surface area contributed by atoms with E-state index < -0.39 is 5.97 Å². The van der Waals surface area contributed by atoms with Crippen molar-refractivity contribution in [2.45, 2.75) is 19.9 Å². The van der Waals surface area contributed by atoms with Crippen LogP contribution in [0, 0.1) is 11.8 Å². The van der Waals surface area contributed by atoms with Gasteiger partial charge in [0.2, 0.25) is 0 Å². The number of halogens is 1. The monoisotopic (exact) mass is 307 g/mol. The summed E-state index contributed by atoms with van der Waals surface area (Å²) in [6.45, 7) is 4.30. The predicted octanol–water partition coefficient (Wildman–Crippen LogP) is 2.53. The number of hydrogen-bond donors (Lipinski definition) is 1. The lowest BCUT2D eigenvalue weighted by molar-refractivity contribution is -0.144. The van der Waals surface area contributed by atoms with Crippen molar-refractivity contribution in [3.8, 4) is 0 Å². The molecule has 6 heteroatoms. The number of pyridine rings is 1. The zero-order chi connectivity index (χ0) is 15.0. The Morgan fingerprint density at radius 3 is 3.05 bits per heavy atom. The molecule has 21 heavy (non-hydrogen) atoms. The maximum absolute atomic E-state index is 11.2. The van der Waals surface area contributed by atoms with Crippen LogP contribution < -0.4 is 0 Å². The Hall–Kier alpha value is -1.59. The summed E-state index contributed by atoms with van der Waals surface area (Å²) < 4.78 is 1.97. The van der Waals surface area contributed by atoms with Gasteiger partial charge in [0.15, 0.2) is 0 Å². The highest BCUT2D eigenvalue weighted by Gasteiger charge is 2.29. The summed E-state index contributed by atoms with van der Waals surface area (Å²) in [7, 11) is 0. The molecule has 0 spiro atoms. The number of likely N-dealkylation sites (tertiary alicyclic amines) is 1. The molecule has 2 aromatic rings. The van der Waals surface area contributed by atoms with E-state index in [1.54, 1.807) is 0 Å². The lowest BCUT2D eigenvalue weighted by Gasteiger charge is -2.34. The van der Waals surface area contributed by atoms with E-state index in [2.05, 4.69) is 16.8 Å². The van der Waals surface area contributed by atoms with Gasteiger partial charge in [-0.15, -0.1) is 0 Å². The van der Waals surface area contributed by atoms with E-state index >= 15 is 0 Å². The first-order valence-corrected chi connectivity index (χ1v) is 7.47. The minimum Gasteiger partial charge on any atom is -0.481 e. The van der Waals surface area contributed by atoms with Crippen molar-refractivity contribution in [1.82, 2.24) is 14.3 Å². The van der Waals surface area contributed by atoms with Crippen molar-refractivity contribution >= 4 is 23.2 Å². The molecule has 2 unspecified atom stereocenters. The van der Waals surface area contributed by atoms with Gasteiger partial charge in [0.1, 0.15) is 5.65 Å². The highest BCUT2D eigenvalue weighted by Crippen LogP contribution is 2.23. The predicted molar refractivity (Wildman–Crippen MR) is 80.4 cm³/mol. The van der Waals surface area contributed by atoms with E-state index in [1.807, 2.05) is 28.9 Å². The quantitative estimate of drug-likeness (QED) is 0.946. The van der Waals surface area contributed by atoms with Gasteiger partial charge in [0.25, 0.3) is 0 Å². The minimum absolute atomic E-state index is 0.281. The molecule has 112 valence electrons. The van der Waals surface area contributed by atoms with Gasteiger partial charge in [-0.1, -0.05) is 18.5 Å². The van der Waals surface area contributed by atoms with Crippen molar-refractivity contribution in [3.63, 3.8) is 0 Å². The molecule has 1 saturated heterocycles. The molecular weight excluding hydrogens is 290 g/mol. The van der Waals surface area contributed by atoms with E-state index in [0.717, 1.165) is 24.3 Å². The molecule has 1 N–H and O–H groups in total. The summed E-state index contributed by atoms with van der Waals surface area (Å²) in [5, 5.41) is 9.91. The molecule has 1 aliphatic rings. The number of imidazole rings is 1. The Balaban J connectivity index is 1.81. The lowest BCUT2D eigenvalue weighted by Crippen LogP contribution is -2.42. The number of carbonyl (C=O) groups is 1. The van der Waals surface area contributed by atoms with Gasteiger partial charge < -0.3 is 9.51 Å². The van der Waals surface area contributed by atoms with Gasteiger partial charge in [0.05, 0.1) is 22.8 Å². The zero-order valence-electron chi connectivity index (χ0n) is 11.9. The van der Waals surface area contributed by atoms with Gasteiger partial charge >= 0.3 is 5.97 Å². The normalized spacial score (nSPS) is 23.5. The van der Waals surface area contributed by atoms with Crippen LogP contribution in [0.25, 0.3) is 5.65 Å². The second-order valence-corrected chi connectivity index (χ2v) is 6.33. The second kappa shape index (κ2) is 5.66. The van der Waals surface area contributed by atoms with Crippen LogP contribution in [0.3, 0.4) is 0 Å². The first-order valence-electron chi connectivity index (χ1n) is 7.09. The van der Waals surface area contributed by atoms with Crippen molar-refractivity contribution < 1.29 is 9.90 Å². The van der Waals surface area contributed by atoms with Crippen LogP contribution in [0.5, 0.6) is 0 Å². The Kier molecular flexibility index (Phi) is 3.87. The standard InChI is InChI=1S/C15H18ClN3O2/c1-10-4-11(15(20)21)7-18(6-10)9-13-5-17-14-3-2-12(16)8-19(13)14/h2-3,5,8,10-11H,4,6-7,9H2,1H3,(H,20,21). The van der Waals surface area contributed by atoms with E-state index in [1.165, 1.54) is 0 Å². The van der Waals surface area contributed by atoms with Gasteiger partial charge in [-0.2, -0.15) is 0 Å². The van der Waals surface area contributed by atoms with Crippen LogP contribution in [0.2, 0.25) is 5.02 Å². The molecule has 2 aromatic heterocycles. The third-order valence-corrected chi connectivity index (χ3v) is 4.24. The molecule has 2 atom stereocenters. The smallest absolute Gasteiger partial charge is 0.307 e. The van der Waals surface area contributed by atoms with Crippen LogP contribution in [-0.2, 0) is 11.3 Å². The summed E-state index contributed by atoms with van der Waals surface area (Å²) in [5.41, 5.74) is 1.89. The largest absolute Gasteiger partial charge is 0.481 e. The number of piperidine rings is 1. The van der Waals surface area contributed by atoms with Gasteiger partial charge in [-0.05, 0) is 24.5 Å². The van der Waals surface area contributed by atoms with E-state index in [-0.39, 0.29) is 5.92 Å². The number of aromatic nitrogens is 2. The Labute approximate surface area is 128 Å². The fourth-order valence-electron chi connectivity index (χ4n) is 3.12. The molecule has 3 rings (SSSR count). The third kappa shape index (κ3) is 3.04. The van der Waals surface area contributed by atoms with Crippen LogP contribution in [0.1, 0.15) is 19.0 Å². The van der Waals surface area contributed by atoms with Crippen LogP contribution in [0.4, 0.5) is 0 Å². The minimum atomic E-state index is -0.701. The van der Waals surface area contributed by atoms with Crippen LogP contribution in [0.15, 0.2) is 24.5 Å². The number of carboxylic acids is 1. The summed E-state index contributed by atoms with van der Waals surface area (Å²) in [5.74, 6) is -0.591.